The number of hydrogen-bond donors (Lipinski definition) is 0. The molecule has 134 valence electrons. The molecule has 0 saturated carbocycles. The Bertz CT molecular complexity index is 970. The van der Waals surface area contributed by atoms with Crippen LogP contribution in [0.15, 0.2) is 84.9 Å². The van der Waals surface area contributed by atoms with Crippen molar-refractivity contribution in [3.05, 3.63) is 112 Å². The van der Waals surface area contributed by atoms with E-state index in [-0.39, 0.29) is 17.0 Å². The highest BCUT2D eigenvalue weighted by atomic mass is 16.6. The van der Waals surface area contributed by atoms with E-state index in [2.05, 4.69) is 0 Å². The Morgan fingerprint density at radius 3 is 2.04 bits per heavy atom. The van der Waals surface area contributed by atoms with Crippen molar-refractivity contribution in [3.63, 3.8) is 0 Å². The SMILES string of the molecule is O=C(O[C@H](C(=O)c1ccccc1)c1ccccc1)c1cccc([N+](=O)[O-])c1. The maximum atomic E-state index is 12.9. The van der Waals surface area contributed by atoms with Crippen molar-refractivity contribution < 1.29 is 19.2 Å². The van der Waals surface area contributed by atoms with Gasteiger partial charge in [0.2, 0.25) is 5.78 Å². The number of nitrogens with zero attached hydrogens (tertiary/aromatic N) is 1. The molecule has 0 saturated heterocycles. The summed E-state index contributed by atoms with van der Waals surface area (Å²) >= 11 is 0. The molecule has 0 bridgehead atoms. The van der Waals surface area contributed by atoms with Crippen LogP contribution in [0.25, 0.3) is 0 Å². The van der Waals surface area contributed by atoms with Crippen molar-refractivity contribution in [2.24, 2.45) is 0 Å². The molecule has 3 rings (SSSR count). The molecule has 0 aliphatic rings. The number of esters is 1. The third kappa shape index (κ3) is 4.24. The first-order valence-corrected chi connectivity index (χ1v) is 8.16. The number of nitro benzene ring substituents is 1. The van der Waals surface area contributed by atoms with Gasteiger partial charge in [0, 0.05) is 23.3 Å². The topological polar surface area (TPSA) is 86.5 Å². The van der Waals surface area contributed by atoms with Crippen LogP contribution in [0.4, 0.5) is 5.69 Å². The minimum absolute atomic E-state index is 0.00555. The molecule has 0 unspecified atom stereocenters. The molecule has 6 heteroatoms. The van der Waals surface area contributed by atoms with Gasteiger partial charge in [-0.25, -0.2) is 4.79 Å². The predicted molar refractivity (Wildman–Crippen MR) is 98.5 cm³/mol. The van der Waals surface area contributed by atoms with Gasteiger partial charge in [-0.15, -0.1) is 0 Å². The van der Waals surface area contributed by atoms with Gasteiger partial charge in [0.15, 0.2) is 6.10 Å². The minimum atomic E-state index is -1.15. The molecular weight excluding hydrogens is 346 g/mol. The molecule has 3 aromatic carbocycles. The average molecular weight is 361 g/mol. The third-order valence-electron chi connectivity index (χ3n) is 3.92. The number of rotatable bonds is 6. The summed E-state index contributed by atoms with van der Waals surface area (Å²) in [5.41, 5.74) is 0.699. The molecule has 1 atom stereocenters. The van der Waals surface area contributed by atoms with Gasteiger partial charge in [0.05, 0.1) is 10.5 Å². The maximum Gasteiger partial charge on any atom is 0.339 e. The lowest BCUT2D eigenvalue weighted by atomic mass is 10.00. The van der Waals surface area contributed by atoms with Crippen LogP contribution in [-0.2, 0) is 4.74 Å². The Morgan fingerprint density at radius 1 is 0.815 bits per heavy atom. The number of ether oxygens (including phenoxy) is 1. The van der Waals surface area contributed by atoms with Gasteiger partial charge in [-0.05, 0) is 6.07 Å². The van der Waals surface area contributed by atoms with Crippen LogP contribution in [0.2, 0.25) is 0 Å². The number of ketones is 1. The van der Waals surface area contributed by atoms with Crippen LogP contribution in [0.1, 0.15) is 32.4 Å². The molecule has 0 radical (unpaired) electrons. The molecule has 0 N–H and O–H groups in total. The Kier molecular flexibility index (Phi) is 5.37. The van der Waals surface area contributed by atoms with Crippen molar-refractivity contribution >= 4 is 17.4 Å². The third-order valence-corrected chi connectivity index (χ3v) is 3.92. The van der Waals surface area contributed by atoms with Gasteiger partial charge in [0.25, 0.3) is 5.69 Å². The van der Waals surface area contributed by atoms with E-state index in [0.29, 0.717) is 11.1 Å². The van der Waals surface area contributed by atoms with E-state index in [1.54, 1.807) is 60.7 Å². The molecule has 0 fully saturated rings. The minimum Gasteiger partial charge on any atom is -0.445 e. The first-order valence-electron chi connectivity index (χ1n) is 8.16. The van der Waals surface area contributed by atoms with E-state index in [9.17, 15) is 19.7 Å². The summed E-state index contributed by atoms with van der Waals surface area (Å²) < 4.78 is 5.46. The molecule has 0 amide bonds. The van der Waals surface area contributed by atoms with Gasteiger partial charge in [-0.3, -0.25) is 14.9 Å². The van der Waals surface area contributed by atoms with Gasteiger partial charge in [-0.1, -0.05) is 66.7 Å². The van der Waals surface area contributed by atoms with Crippen LogP contribution in [0, 0.1) is 10.1 Å². The van der Waals surface area contributed by atoms with Crippen LogP contribution >= 0.6 is 0 Å². The van der Waals surface area contributed by atoms with Crippen molar-refractivity contribution in [3.8, 4) is 0 Å². The zero-order valence-electron chi connectivity index (χ0n) is 14.1. The van der Waals surface area contributed by atoms with E-state index in [4.69, 9.17) is 4.74 Å². The molecule has 6 nitrogen and oxygen atoms in total. The van der Waals surface area contributed by atoms with E-state index in [1.165, 1.54) is 18.2 Å². The first kappa shape index (κ1) is 18.0. The first-order chi connectivity index (χ1) is 13.1. The number of Topliss-reactive ketones (excluding diaryl/α,β-unsaturated/α-hetero) is 1. The van der Waals surface area contributed by atoms with Crippen molar-refractivity contribution in [1.82, 2.24) is 0 Å². The number of nitro groups is 1. The number of non-ortho nitro benzene ring substituents is 1. The lowest BCUT2D eigenvalue weighted by Gasteiger charge is -2.17. The highest BCUT2D eigenvalue weighted by Gasteiger charge is 2.27. The average Bonchev–Trinajstić information content (AvgIpc) is 2.72. The summed E-state index contributed by atoms with van der Waals surface area (Å²) in [6.07, 6.45) is -1.15. The maximum absolute atomic E-state index is 12.9. The van der Waals surface area contributed by atoms with Gasteiger partial charge >= 0.3 is 5.97 Å². The van der Waals surface area contributed by atoms with Crippen molar-refractivity contribution in [2.75, 3.05) is 0 Å². The Labute approximate surface area is 155 Å². The Morgan fingerprint density at radius 2 is 1.41 bits per heavy atom. The molecule has 0 aliphatic carbocycles. The Hall–Kier alpha value is -3.80. The molecule has 0 aliphatic heterocycles. The van der Waals surface area contributed by atoms with E-state index >= 15 is 0 Å². The van der Waals surface area contributed by atoms with Crippen LogP contribution in [0.5, 0.6) is 0 Å². The fraction of sp³-hybridized carbons (Fsp3) is 0.0476. The second-order valence-electron chi connectivity index (χ2n) is 5.73. The van der Waals surface area contributed by atoms with E-state index in [0.717, 1.165) is 6.07 Å². The van der Waals surface area contributed by atoms with Crippen LogP contribution in [0.3, 0.4) is 0 Å². The number of carbonyl (C=O) groups excluding carboxylic acids is 2. The summed E-state index contributed by atoms with van der Waals surface area (Å²) in [6.45, 7) is 0. The van der Waals surface area contributed by atoms with E-state index < -0.39 is 17.0 Å². The largest absolute Gasteiger partial charge is 0.445 e. The van der Waals surface area contributed by atoms with Gasteiger partial charge < -0.3 is 4.74 Å². The van der Waals surface area contributed by atoms with Crippen LogP contribution < -0.4 is 0 Å². The van der Waals surface area contributed by atoms with E-state index in [1.807, 2.05) is 0 Å². The quantitative estimate of drug-likeness (QED) is 0.281. The number of hydrogen-bond acceptors (Lipinski definition) is 5. The summed E-state index contributed by atoms with van der Waals surface area (Å²) in [7, 11) is 0. The molecule has 3 aromatic rings. The second kappa shape index (κ2) is 8.05. The van der Waals surface area contributed by atoms with Crippen molar-refractivity contribution in [2.45, 2.75) is 6.10 Å². The summed E-state index contributed by atoms with van der Waals surface area (Å²) in [6, 6.07) is 22.3. The standard InChI is InChI=1S/C21H15NO5/c23-19(15-8-3-1-4-9-15)20(16-10-5-2-6-11-16)27-21(24)17-12-7-13-18(14-17)22(25)26/h1-14,20H/t20-/m0/s1. The highest BCUT2D eigenvalue weighted by molar-refractivity contribution is 6.02. The summed E-state index contributed by atoms with van der Waals surface area (Å²) in [4.78, 5) is 35.8. The van der Waals surface area contributed by atoms with Gasteiger partial charge in [0.1, 0.15) is 0 Å². The van der Waals surface area contributed by atoms with Gasteiger partial charge in [-0.2, -0.15) is 0 Å². The smallest absolute Gasteiger partial charge is 0.339 e. The zero-order valence-corrected chi connectivity index (χ0v) is 14.1. The lowest BCUT2D eigenvalue weighted by molar-refractivity contribution is -0.384. The summed E-state index contributed by atoms with van der Waals surface area (Å²) in [5, 5.41) is 10.9. The van der Waals surface area contributed by atoms with Crippen LogP contribution in [-0.4, -0.2) is 16.7 Å². The zero-order chi connectivity index (χ0) is 19.2. The molecular formula is C21H15NO5. The Balaban J connectivity index is 1.92. The molecule has 0 heterocycles. The number of carbonyl (C=O) groups is 2. The number of benzene rings is 3. The highest BCUT2D eigenvalue weighted by Crippen LogP contribution is 2.25. The predicted octanol–water partition coefficient (Wildman–Crippen LogP) is 4.38. The van der Waals surface area contributed by atoms with Crippen molar-refractivity contribution in [1.29, 1.82) is 0 Å². The molecule has 27 heavy (non-hydrogen) atoms. The normalized spacial score (nSPS) is 11.4. The fourth-order valence-electron chi connectivity index (χ4n) is 2.58. The molecule has 0 spiro atoms. The molecule has 0 aromatic heterocycles. The second-order valence-corrected chi connectivity index (χ2v) is 5.73. The lowest BCUT2D eigenvalue weighted by Crippen LogP contribution is -2.20. The monoisotopic (exact) mass is 361 g/mol. The fourth-order valence-corrected chi connectivity index (χ4v) is 2.58. The summed E-state index contributed by atoms with van der Waals surface area (Å²) in [5.74, 6) is -1.18.